The number of nitrogens with zero attached hydrogens (tertiary/aromatic N) is 4. The van der Waals surface area contributed by atoms with Gasteiger partial charge in [0.25, 0.3) is 0 Å². The number of likely N-dealkylation sites (tertiary alicyclic amines) is 1. The molecule has 2 saturated heterocycles. The van der Waals surface area contributed by atoms with Crippen molar-refractivity contribution in [2.45, 2.75) is 70.3 Å². The molecule has 2 saturated carbocycles. The van der Waals surface area contributed by atoms with Crippen molar-refractivity contribution >= 4 is 5.82 Å². The number of anilines is 1. The van der Waals surface area contributed by atoms with Crippen LogP contribution in [0.1, 0.15) is 69.9 Å². The van der Waals surface area contributed by atoms with Crippen molar-refractivity contribution in [2.75, 3.05) is 38.2 Å². The van der Waals surface area contributed by atoms with E-state index in [1.54, 1.807) is 12.3 Å². The fourth-order valence-electron chi connectivity index (χ4n) is 6.18. The fraction of sp³-hybridized carbons (Fsp3) is 0.667. The Morgan fingerprint density at radius 3 is 2.50 bits per heavy atom. The van der Waals surface area contributed by atoms with Gasteiger partial charge in [0, 0.05) is 35.0 Å². The van der Waals surface area contributed by atoms with Crippen LogP contribution < -0.4 is 5.32 Å². The third kappa shape index (κ3) is 4.69. The molecule has 0 atom stereocenters. The van der Waals surface area contributed by atoms with Crippen LogP contribution in [0.3, 0.4) is 0 Å². The van der Waals surface area contributed by atoms with Gasteiger partial charge in [-0.1, -0.05) is 6.92 Å². The second-order valence-corrected chi connectivity index (χ2v) is 11.7. The van der Waals surface area contributed by atoms with Gasteiger partial charge in [-0.15, -0.1) is 5.10 Å². The summed E-state index contributed by atoms with van der Waals surface area (Å²) in [6.45, 7) is 8.08. The molecule has 7 heteroatoms. The van der Waals surface area contributed by atoms with Crippen molar-refractivity contribution < 1.29 is 9.13 Å². The van der Waals surface area contributed by atoms with Crippen LogP contribution in [0.25, 0.3) is 11.1 Å². The molecule has 0 aromatic carbocycles. The van der Waals surface area contributed by atoms with Crippen LogP contribution in [0, 0.1) is 16.6 Å². The van der Waals surface area contributed by atoms with Crippen molar-refractivity contribution in [1.82, 2.24) is 20.1 Å². The van der Waals surface area contributed by atoms with Crippen molar-refractivity contribution in [3.8, 4) is 11.1 Å². The predicted octanol–water partition coefficient (Wildman–Crippen LogP) is 5.03. The maximum atomic E-state index is 14.0. The fourth-order valence-corrected chi connectivity index (χ4v) is 6.18. The lowest BCUT2D eigenvalue weighted by atomic mass is 9.72. The van der Waals surface area contributed by atoms with Gasteiger partial charge in [-0.25, -0.2) is 4.39 Å². The quantitative estimate of drug-likeness (QED) is 0.646. The number of aromatic nitrogens is 3. The minimum atomic E-state index is -0.304. The Bertz CT molecular complexity index is 1020. The molecule has 34 heavy (non-hydrogen) atoms. The maximum Gasteiger partial charge on any atom is 0.149 e. The van der Waals surface area contributed by atoms with Crippen molar-refractivity contribution in [2.24, 2.45) is 10.8 Å². The molecule has 2 aromatic heterocycles. The molecular formula is C27H36FN5O. The van der Waals surface area contributed by atoms with E-state index in [9.17, 15) is 4.39 Å². The molecule has 2 aliphatic heterocycles. The third-order valence-electron chi connectivity index (χ3n) is 8.70. The molecule has 0 amide bonds. The number of pyridine rings is 1. The first-order chi connectivity index (χ1) is 16.5. The minimum Gasteiger partial charge on any atom is -0.380 e. The molecule has 2 aromatic rings. The summed E-state index contributed by atoms with van der Waals surface area (Å²) in [6, 6.07) is 4.01. The van der Waals surface area contributed by atoms with E-state index in [0.717, 1.165) is 61.5 Å². The first-order valence-corrected chi connectivity index (χ1v) is 13.0. The normalized spacial score (nSPS) is 29.1. The van der Waals surface area contributed by atoms with Gasteiger partial charge in [0.05, 0.1) is 31.3 Å². The zero-order chi connectivity index (χ0) is 23.2. The summed E-state index contributed by atoms with van der Waals surface area (Å²) in [4.78, 5) is 7.08. The van der Waals surface area contributed by atoms with E-state index in [1.165, 1.54) is 51.5 Å². The average Bonchev–Trinajstić information content (AvgIpc) is 3.66. The average molecular weight is 466 g/mol. The monoisotopic (exact) mass is 465 g/mol. The lowest BCUT2D eigenvalue weighted by Crippen LogP contribution is -2.52. The van der Waals surface area contributed by atoms with Crippen LogP contribution in [-0.2, 0) is 4.74 Å². The highest BCUT2D eigenvalue weighted by Gasteiger charge is 2.42. The summed E-state index contributed by atoms with van der Waals surface area (Å²) in [5.74, 6) is 0.923. The Balaban J connectivity index is 1.05. The lowest BCUT2D eigenvalue weighted by Gasteiger charge is -2.49. The number of rotatable bonds is 6. The van der Waals surface area contributed by atoms with E-state index in [-0.39, 0.29) is 5.82 Å². The van der Waals surface area contributed by atoms with E-state index in [1.807, 2.05) is 6.07 Å². The molecule has 0 bridgehead atoms. The molecular weight excluding hydrogens is 429 g/mol. The van der Waals surface area contributed by atoms with Crippen LogP contribution in [0.2, 0.25) is 0 Å². The van der Waals surface area contributed by atoms with Crippen molar-refractivity contribution in [3.63, 3.8) is 0 Å². The SMILES string of the molecule is CC1(CN2CCC3(CC2)COC3)CCC(Nc2cc(-c3cc(F)cnc3C3CC3)cnn2)CC1. The van der Waals surface area contributed by atoms with E-state index < -0.39 is 0 Å². The lowest BCUT2D eigenvalue weighted by molar-refractivity contribution is -0.141. The summed E-state index contributed by atoms with van der Waals surface area (Å²) in [5, 5.41) is 12.2. The molecule has 4 aliphatic rings. The molecule has 1 spiro atoms. The Hall–Kier alpha value is -2.12. The highest BCUT2D eigenvalue weighted by atomic mass is 19.1. The van der Waals surface area contributed by atoms with Crippen LogP contribution in [0.15, 0.2) is 24.5 Å². The minimum absolute atomic E-state index is 0.304. The van der Waals surface area contributed by atoms with Crippen molar-refractivity contribution in [3.05, 3.63) is 36.0 Å². The Morgan fingerprint density at radius 1 is 1.06 bits per heavy atom. The molecule has 4 fully saturated rings. The van der Waals surface area contributed by atoms with Gasteiger partial charge in [0.1, 0.15) is 11.6 Å². The number of ether oxygens (including phenoxy) is 1. The smallest absolute Gasteiger partial charge is 0.149 e. The largest absolute Gasteiger partial charge is 0.380 e. The van der Waals surface area contributed by atoms with Crippen LogP contribution in [-0.4, -0.2) is 59.0 Å². The summed E-state index contributed by atoms with van der Waals surface area (Å²) >= 11 is 0. The summed E-state index contributed by atoms with van der Waals surface area (Å²) in [5.41, 5.74) is 3.64. The van der Waals surface area contributed by atoms with Crippen molar-refractivity contribution in [1.29, 1.82) is 0 Å². The van der Waals surface area contributed by atoms with Gasteiger partial charge in [0.2, 0.25) is 0 Å². The van der Waals surface area contributed by atoms with Crippen LogP contribution in [0.4, 0.5) is 10.2 Å². The zero-order valence-corrected chi connectivity index (χ0v) is 20.2. The van der Waals surface area contributed by atoms with E-state index in [4.69, 9.17) is 4.74 Å². The number of halogens is 1. The van der Waals surface area contributed by atoms with Crippen LogP contribution >= 0.6 is 0 Å². The molecule has 0 radical (unpaired) electrons. The van der Waals surface area contributed by atoms with E-state index in [2.05, 4.69) is 32.3 Å². The first kappa shape index (κ1) is 22.4. The first-order valence-electron chi connectivity index (χ1n) is 13.0. The third-order valence-corrected chi connectivity index (χ3v) is 8.70. The summed E-state index contributed by atoms with van der Waals surface area (Å²) in [6.07, 6.45) is 12.6. The van der Waals surface area contributed by atoms with Gasteiger partial charge in [-0.3, -0.25) is 4.98 Å². The predicted molar refractivity (Wildman–Crippen MR) is 130 cm³/mol. The van der Waals surface area contributed by atoms with Gasteiger partial charge in [-0.05, 0) is 82.0 Å². The highest BCUT2D eigenvalue weighted by molar-refractivity contribution is 5.68. The number of hydrogen-bond acceptors (Lipinski definition) is 6. The molecule has 6 rings (SSSR count). The van der Waals surface area contributed by atoms with Crippen LogP contribution in [0.5, 0.6) is 0 Å². The molecule has 6 nitrogen and oxygen atoms in total. The maximum absolute atomic E-state index is 14.0. The standard InChI is InChI=1S/C27H36FN5O/c1-26(16-33-10-8-27(9-11-33)17-34-18-27)6-4-22(5-7-26)31-24-12-20(14-30-32-24)23-13-21(28)15-29-25(23)19-2-3-19/h12-15,19,22H,2-11,16-18H2,1H3,(H,31,32). The Kier molecular flexibility index (Phi) is 5.80. The summed E-state index contributed by atoms with van der Waals surface area (Å²) in [7, 11) is 0. The van der Waals surface area contributed by atoms with Gasteiger partial charge >= 0.3 is 0 Å². The molecule has 1 N–H and O–H groups in total. The Labute approximate surface area is 201 Å². The van der Waals surface area contributed by atoms with E-state index in [0.29, 0.717) is 22.8 Å². The molecule has 2 aliphatic carbocycles. The highest BCUT2D eigenvalue weighted by Crippen LogP contribution is 2.44. The van der Waals surface area contributed by atoms with Gasteiger partial charge < -0.3 is 15.0 Å². The second kappa shape index (κ2) is 8.83. The van der Waals surface area contributed by atoms with E-state index >= 15 is 0 Å². The van der Waals surface area contributed by atoms with Gasteiger partial charge in [0.15, 0.2) is 0 Å². The number of nitrogens with one attached hydrogen (secondary N) is 1. The zero-order valence-electron chi connectivity index (χ0n) is 20.2. The Morgan fingerprint density at radius 2 is 1.82 bits per heavy atom. The topological polar surface area (TPSA) is 63.2 Å². The van der Waals surface area contributed by atoms with Gasteiger partial charge in [-0.2, -0.15) is 5.10 Å². The number of piperidine rings is 1. The molecule has 4 heterocycles. The molecule has 0 unspecified atom stereocenters. The second-order valence-electron chi connectivity index (χ2n) is 11.7. The number of hydrogen-bond donors (Lipinski definition) is 1. The molecule has 182 valence electrons. The summed E-state index contributed by atoms with van der Waals surface area (Å²) < 4.78 is 19.4.